The molecule has 6 heteroatoms. The van der Waals surface area contributed by atoms with Gasteiger partial charge in [0.25, 0.3) is 5.91 Å². The zero-order chi connectivity index (χ0) is 15.7. The van der Waals surface area contributed by atoms with Gasteiger partial charge in [0, 0.05) is 12.6 Å². The molecular weight excluding hydrogens is 287 g/mol. The van der Waals surface area contributed by atoms with Crippen LogP contribution in [0.4, 0.5) is 4.39 Å². The van der Waals surface area contributed by atoms with Crippen molar-refractivity contribution in [2.24, 2.45) is 0 Å². The van der Waals surface area contributed by atoms with E-state index in [1.54, 1.807) is 23.1 Å². The van der Waals surface area contributed by atoms with Gasteiger partial charge in [-0.25, -0.2) is 4.39 Å². The van der Waals surface area contributed by atoms with Crippen LogP contribution in [-0.4, -0.2) is 41.3 Å². The first-order chi connectivity index (χ1) is 10.6. The molecule has 3 rings (SSSR count). The third kappa shape index (κ3) is 2.74. The molecule has 0 radical (unpaired) electrons. The number of hydrogen-bond donors (Lipinski definition) is 0. The van der Waals surface area contributed by atoms with Gasteiger partial charge in [-0.05, 0) is 26.0 Å². The van der Waals surface area contributed by atoms with Crippen LogP contribution in [-0.2, 0) is 4.74 Å². The Morgan fingerprint density at radius 3 is 2.91 bits per heavy atom. The van der Waals surface area contributed by atoms with Gasteiger partial charge in [-0.3, -0.25) is 4.79 Å². The Labute approximate surface area is 127 Å². The quantitative estimate of drug-likeness (QED) is 0.856. The Morgan fingerprint density at radius 1 is 1.36 bits per heavy atom. The molecule has 0 N–H and O–H groups in total. The SMILES string of the molecule is C[C@@H]1CN(C(=O)c2cc(-c3ccccc3F)on2)[C@@H](C)CO1. The van der Waals surface area contributed by atoms with Crippen LogP contribution in [0.1, 0.15) is 24.3 Å². The number of hydrogen-bond acceptors (Lipinski definition) is 4. The molecule has 5 nitrogen and oxygen atoms in total. The maximum absolute atomic E-state index is 13.8. The predicted molar refractivity (Wildman–Crippen MR) is 77.8 cm³/mol. The van der Waals surface area contributed by atoms with Gasteiger partial charge < -0.3 is 14.2 Å². The lowest BCUT2D eigenvalue weighted by molar-refractivity contribution is -0.0390. The van der Waals surface area contributed by atoms with Crippen molar-refractivity contribution < 1.29 is 18.4 Å². The lowest BCUT2D eigenvalue weighted by Crippen LogP contribution is -2.50. The Kier molecular flexibility index (Phi) is 3.94. The maximum Gasteiger partial charge on any atom is 0.276 e. The predicted octanol–water partition coefficient (Wildman–Crippen LogP) is 2.73. The van der Waals surface area contributed by atoms with Crippen molar-refractivity contribution in [3.63, 3.8) is 0 Å². The smallest absolute Gasteiger partial charge is 0.276 e. The number of ether oxygens (including phenoxy) is 1. The second kappa shape index (κ2) is 5.88. The van der Waals surface area contributed by atoms with E-state index in [0.717, 1.165) is 0 Å². The van der Waals surface area contributed by atoms with Gasteiger partial charge in [0.2, 0.25) is 0 Å². The van der Waals surface area contributed by atoms with Crippen LogP contribution in [0.15, 0.2) is 34.9 Å². The van der Waals surface area contributed by atoms with Crippen molar-refractivity contribution in [1.82, 2.24) is 10.1 Å². The molecule has 0 saturated carbocycles. The number of halogens is 1. The summed E-state index contributed by atoms with van der Waals surface area (Å²) in [5, 5.41) is 3.79. The molecule has 1 aliphatic heterocycles. The van der Waals surface area contributed by atoms with E-state index in [9.17, 15) is 9.18 Å². The van der Waals surface area contributed by atoms with Gasteiger partial charge in [0.05, 0.1) is 24.3 Å². The largest absolute Gasteiger partial charge is 0.375 e. The number of carbonyl (C=O) groups is 1. The minimum absolute atomic E-state index is 0.0157. The fourth-order valence-corrected chi connectivity index (χ4v) is 2.50. The Hall–Kier alpha value is -2.21. The monoisotopic (exact) mass is 304 g/mol. The zero-order valence-electron chi connectivity index (χ0n) is 12.5. The highest BCUT2D eigenvalue weighted by atomic mass is 19.1. The van der Waals surface area contributed by atoms with E-state index in [4.69, 9.17) is 9.26 Å². The number of aromatic nitrogens is 1. The highest BCUT2D eigenvalue weighted by Gasteiger charge is 2.30. The number of morpholine rings is 1. The number of rotatable bonds is 2. The summed E-state index contributed by atoms with van der Waals surface area (Å²) in [5.41, 5.74) is 0.469. The van der Waals surface area contributed by atoms with E-state index in [2.05, 4.69) is 5.16 Å². The minimum atomic E-state index is -0.411. The van der Waals surface area contributed by atoms with Crippen LogP contribution in [0.25, 0.3) is 11.3 Å². The highest BCUT2D eigenvalue weighted by Crippen LogP contribution is 2.24. The van der Waals surface area contributed by atoms with E-state index >= 15 is 0 Å². The molecular formula is C16H17FN2O3. The summed E-state index contributed by atoms with van der Waals surface area (Å²) in [5.74, 6) is -0.393. The Bertz CT molecular complexity index is 686. The van der Waals surface area contributed by atoms with E-state index < -0.39 is 5.82 Å². The van der Waals surface area contributed by atoms with Gasteiger partial charge in [-0.2, -0.15) is 0 Å². The highest BCUT2D eigenvalue weighted by molar-refractivity contribution is 5.93. The molecule has 1 fully saturated rings. The molecule has 0 unspecified atom stereocenters. The molecule has 1 aromatic heterocycles. The van der Waals surface area contributed by atoms with Crippen LogP contribution in [0.2, 0.25) is 0 Å². The summed E-state index contributed by atoms with van der Waals surface area (Å²) in [7, 11) is 0. The second-order valence-electron chi connectivity index (χ2n) is 5.51. The van der Waals surface area contributed by atoms with Crippen LogP contribution in [0.5, 0.6) is 0 Å². The number of amides is 1. The minimum Gasteiger partial charge on any atom is -0.375 e. The van der Waals surface area contributed by atoms with E-state index in [1.165, 1.54) is 12.1 Å². The zero-order valence-corrected chi connectivity index (χ0v) is 12.5. The topological polar surface area (TPSA) is 55.6 Å². The van der Waals surface area contributed by atoms with Crippen molar-refractivity contribution >= 4 is 5.91 Å². The summed E-state index contributed by atoms with van der Waals surface area (Å²) >= 11 is 0. The maximum atomic E-state index is 13.8. The third-order valence-corrected chi connectivity index (χ3v) is 3.74. The molecule has 1 saturated heterocycles. The van der Waals surface area contributed by atoms with Crippen LogP contribution >= 0.6 is 0 Å². The summed E-state index contributed by atoms with van der Waals surface area (Å²) in [6.07, 6.45) is -0.0157. The van der Waals surface area contributed by atoms with Gasteiger partial charge in [0.1, 0.15) is 5.82 Å². The van der Waals surface area contributed by atoms with Crippen molar-refractivity contribution in [3.8, 4) is 11.3 Å². The molecule has 2 heterocycles. The van der Waals surface area contributed by atoms with Crippen LogP contribution in [0, 0.1) is 5.82 Å². The average molecular weight is 304 g/mol. The van der Waals surface area contributed by atoms with Crippen molar-refractivity contribution in [3.05, 3.63) is 41.8 Å². The third-order valence-electron chi connectivity index (χ3n) is 3.74. The molecule has 0 aliphatic carbocycles. The first-order valence-electron chi connectivity index (χ1n) is 7.20. The molecule has 116 valence electrons. The molecule has 2 aromatic rings. The normalized spacial score (nSPS) is 21.9. The fourth-order valence-electron chi connectivity index (χ4n) is 2.50. The van der Waals surface area contributed by atoms with Crippen molar-refractivity contribution in [2.45, 2.75) is 26.0 Å². The number of benzene rings is 1. The molecule has 22 heavy (non-hydrogen) atoms. The van der Waals surface area contributed by atoms with Crippen molar-refractivity contribution in [2.75, 3.05) is 13.2 Å². The summed E-state index contributed by atoms with van der Waals surface area (Å²) in [6, 6.07) is 7.67. The Balaban J connectivity index is 1.84. The van der Waals surface area contributed by atoms with Gasteiger partial charge in [0.15, 0.2) is 11.5 Å². The van der Waals surface area contributed by atoms with Crippen molar-refractivity contribution in [1.29, 1.82) is 0 Å². The first-order valence-corrected chi connectivity index (χ1v) is 7.20. The average Bonchev–Trinajstić information content (AvgIpc) is 2.99. The second-order valence-corrected chi connectivity index (χ2v) is 5.51. The summed E-state index contributed by atoms with van der Waals surface area (Å²) in [6.45, 7) is 4.83. The standard InChI is InChI=1S/C16H17FN2O3/c1-10-9-21-11(2)8-19(10)16(20)14-7-15(22-18-14)12-5-3-4-6-13(12)17/h3-7,10-11H,8-9H2,1-2H3/t10-,11+/m0/s1. The van der Waals surface area contributed by atoms with Gasteiger partial charge >= 0.3 is 0 Å². The van der Waals surface area contributed by atoms with E-state index in [-0.39, 0.29) is 35.1 Å². The molecule has 1 aliphatic rings. The van der Waals surface area contributed by atoms with Gasteiger partial charge in [-0.15, -0.1) is 0 Å². The lowest BCUT2D eigenvalue weighted by Gasteiger charge is -2.36. The van der Waals surface area contributed by atoms with Crippen LogP contribution < -0.4 is 0 Å². The molecule has 1 amide bonds. The number of carbonyl (C=O) groups excluding carboxylic acids is 1. The van der Waals surface area contributed by atoms with E-state index in [1.807, 2.05) is 13.8 Å². The molecule has 0 spiro atoms. The van der Waals surface area contributed by atoms with E-state index in [0.29, 0.717) is 13.2 Å². The molecule has 0 bridgehead atoms. The number of nitrogens with zero attached hydrogens (tertiary/aromatic N) is 2. The Morgan fingerprint density at radius 2 is 2.14 bits per heavy atom. The molecule has 1 aromatic carbocycles. The first kappa shape index (κ1) is 14.7. The lowest BCUT2D eigenvalue weighted by atomic mass is 10.1. The van der Waals surface area contributed by atoms with Gasteiger partial charge in [-0.1, -0.05) is 17.3 Å². The molecule has 2 atom stereocenters. The summed E-state index contributed by atoms with van der Waals surface area (Å²) in [4.78, 5) is 14.2. The van der Waals surface area contributed by atoms with Crippen LogP contribution in [0.3, 0.4) is 0 Å². The fraction of sp³-hybridized carbons (Fsp3) is 0.375. The summed E-state index contributed by atoms with van der Waals surface area (Å²) < 4.78 is 24.4.